The van der Waals surface area contributed by atoms with Crippen LogP contribution in [0, 0.1) is 13.8 Å². The van der Waals surface area contributed by atoms with Crippen molar-refractivity contribution in [2.24, 2.45) is 0 Å². The predicted octanol–water partition coefficient (Wildman–Crippen LogP) is 5.58. The number of thiophene rings is 1. The number of halogens is 1. The molecule has 0 unspecified atom stereocenters. The summed E-state index contributed by atoms with van der Waals surface area (Å²) in [5.41, 5.74) is 5.00. The van der Waals surface area contributed by atoms with Gasteiger partial charge >= 0.3 is 0 Å². The Balaban J connectivity index is 1.89. The van der Waals surface area contributed by atoms with Gasteiger partial charge in [0.15, 0.2) is 0 Å². The summed E-state index contributed by atoms with van der Waals surface area (Å²) in [6, 6.07) is 6.27. The van der Waals surface area contributed by atoms with Crippen LogP contribution in [0.2, 0.25) is 5.28 Å². The van der Waals surface area contributed by atoms with Crippen LogP contribution in [0.3, 0.4) is 0 Å². The molecule has 23 heavy (non-hydrogen) atoms. The zero-order chi connectivity index (χ0) is 16.0. The Morgan fingerprint density at radius 1 is 1.13 bits per heavy atom. The van der Waals surface area contributed by atoms with Gasteiger partial charge in [-0.2, -0.15) is 4.98 Å². The van der Waals surface area contributed by atoms with Gasteiger partial charge in [-0.3, -0.25) is 0 Å². The first-order valence-electron chi connectivity index (χ1n) is 7.94. The van der Waals surface area contributed by atoms with E-state index in [9.17, 15) is 0 Å². The molecule has 0 saturated heterocycles. The summed E-state index contributed by atoms with van der Waals surface area (Å²) in [5, 5.41) is 4.98. The van der Waals surface area contributed by atoms with E-state index in [4.69, 9.17) is 11.6 Å². The van der Waals surface area contributed by atoms with Gasteiger partial charge < -0.3 is 5.32 Å². The molecule has 1 aliphatic rings. The second kappa shape index (κ2) is 5.77. The Kier molecular flexibility index (Phi) is 3.74. The highest BCUT2D eigenvalue weighted by Gasteiger charge is 2.21. The van der Waals surface area contributed by atoms with Crippen molar-refractivity contribution in [1.82, 2.24) is 9.97 Å². The molecule has 0 atom stereocenters. The molecule has 1 aliphatic carbocycles. The molecule has 0 amide bonds. The van der Waals surface area contributed by atoms with Crippen molar-refractivity contribution in [3.05, 3.63) is 45.1 Å². The number of hydrogen-bond acceptors (Lipinski definition) is 4. The quantitative estimate of drug-likeness (QED) is 0.617. The minimum Gasteiger partial charge on any atom is -0.339 e. The highest BCUT2D eigenvalue weighted by molar-refractivity contribution is 7.19. The molecule has 2 heterocycles. The molecule has 0 radical (unpaired) electrons. The van der Waals surface area contributed by atoms with E-state index in [1.165, 1.54) is 34.4 Å². The van der Waals surface area contributed by atoms with E-state index in [2.05, 4.69) is 47.3 Å². The maximum absolute atomic E-state index is 6.17. The Hall–Kier alpha value is -1.65. The maximum Gasteiger partial charge on any atom is 0.225 e. The molecule has 4 rings (SSSR count). The highest BCUT2D eigenvalue weighted by Crippen LogP contribution is 2.40. The van der Waals surface area contributed by atoms with Gasteiger partial charge in [-0.25, -0.2) is 4.98 Å². The Morgan fingerprint density at radius 2 is 1.96 bits per heavy atom. The molecule has 1 N–H and O–H groups in total. The van der Waals surface area contributed by atoms with Crippen molar-refractivity contribution in [3.63, 3.8) is 0 Å². The normalized spacial score (nSPS) is 14.0. The first kappa shape index (κ1) is 14.9. The molecule has 0 saturated carbocycles. The van der Waals surface area contributed by atoms with Gasteiger partial charge in [-0.15, -0.1) is 11.3 Å². The number of benzene rings is 1. The first-order chi connectivity index (χ1) is 11.1. The van der Waals surface area contributed by atoms with Crippen LogP contribution in [0.5, 0.6) is 0 Å². The van der Waals surface area contributed by atoms with Crippen LogP contribution in [-0.4, -0.2) is 9.97 Å². The summed E-state index contributed by atoms with van der Waals surface area (Å²) in [6.07, 6.45) is 4.77. The second-order valence-corrected chi connectivity index (χ2v) is 7.53. The Labute approximate surface area is 144 Å². The van der Waals surface area contributed by atoms with Crippen LogP contribution in [0.15, 0.2) is 18.2 Å². The molecular formula is C18H18ClN3S. The third kappa shape index (κ3) is 2.60. The largest absolute Gasteiger partial charge is 0.339 e. The zero-order valence-electron chi connectivity index (χ0n) is 13.2. The number of aromatic nitrogens is 2. The van der Waals surface area contributed by atoms with Crippen molar-refractivity contribution < 1.29 is 0 Å². The number of nitrogens with zero attached hydrogens (tertiary/aromatic N) is 2. The van der Waals surface area contributed by atoms with E-state index < -0.39 is 0 Å². The smallest absolute Gasteiger partial charge is 0.225 e. The van der Waals surface area contributed by atoms with Crippen LogP contribution < -0.4 is 5.32 Å². The number of rotatable bonds is 2. The van der Waals surface area contributed by atoms with Gasteiger partial charge in [0, 0.05) is 10.6 Å². The zero-order valence-corrected chi connectivity index (χ0v) is 14.8. The summed E-state index contributed by atoms with van der Waals surface area (Å²) < 4.78 is 0. The number of nitrogens with one attached hydrogen (secondary N) is 1. The fraction of sp³-hybridized carbons (Fsp3) is 0.333. The standard InChI is InChI=1S/C18H18ClN3S/c1-10-6-5-8-13(11(10)2)20-16-15-12-7-3-4-9-14(12)23-17(15)22-18(19)21-16/h5-6,8H,3-4,7,9H2,1-2H3,(H,20,21,22). The van der Waals surface area contributed by atoms with Gasteiger partial charge in [0.05, 0.1) is 5.39 Å². The number of aryl methyl sites for hydroxylation is 3. The van der Waals surface area contributed by atoms with E-state index in [0.717, 1.165) is 34.6 Å². The summed E-state index contributed by atoms with van der Waals surface area (Å²) in [5.74, 6) is 0.841. The molecule has 5 heteroatoms. The predicted molar refractivity (Wildman–Crippen MR) is 98.3 cm³/mol. The van der Waals surface area contributed by atoms with Crippen molar-refractivity contribution in [2.75, 3.05) is 5.32 Å². The first-order valence-corrected chi connectivity index (χ1v) is 9.14. The average molecular weight is 344 g/mol. The lowest BCUT2D eigenvalue weighted by Crippen LogP contribution is -2.02. The van der Waals surface area contributed by atoms with Gasteiger partial charge in [-0.1, -0.05) is 12.1 Å². The van der Waals surface area contributed by atoms with Crippen molar-refractivity contribution in [3.8, 4) is 0 Å². The van der Waals surface area contributed by atoms with E-state index in [1.807, 2.05) is 0 Å². The summed E-state index contributed by atoms with van der Waals surface area (Å²) in [7, 11) is 0. The van der Waals surface area contributed by atoms with Crippen molar-refractivity contribution in [2.45, 2.75) is 39.5 Å². The molecule has 0 fully saturated rings. The fourth-order valence-corrected chi connectivity index (χ4v) is 4.72. The van der Waals surface area contributed by atoms with Crippen molar-refractivity contribution in [1.29, 1.82) is 0 Å². The lowest BCUT2D eigenvalue weighted by Gasteiger charge is -2.14. The SMILES string of the molecule is Cc1cccc(Nc2nc(Cl)nc3sc4c(c23)CCCC4)c1C. The lowest BCUT2D eigenvalue weighted by atomic mass is 9.97. The summed E-state index contributed by atoms with van der Waals surface area (Å²) in [6.45, 7) is 4.25. The summed E-state index contributed by atoms with van der Waals surface area (Å²) in [4.78, 5) is 11.4. The van der Waals surface area contributed by atoms with E-state index in [0.29, 0.717) is 5.28 Å². The third-order valence-electron chi connectivity index (χ3n) is 4.65. The molecule has 0 spiro atoms. The van der Waals surface area contributed by atoms with Crippen LogP contribution in [-0.2, 0) is 12.8 Å². The lowest BCUT2D eigenvalue weighted by molar-refractivity contribution is 0.700. The van der Waals surface area contributed by atoms with Gasteiger partial charge in [-0.05, 0) is 73.9 Å². The molecule has 1 aromatic carbocycles. The second-order valence-electron chi connectivity index (χ2n) is 6.10. The van der Waals surface area contributed by atoms with Gasteiger partial charge in [0.1, 0.15) is 10.6 Å². The van der Waals surface area contributed by atoms with E-state index >= 15 is 0 Å². The van der Waals surface area contributed by atoms with Crippen LogP contribution in [0.1, 0.15) is 34.4 Å². The Morgan fingerprint density at radius 3 is 2.83 bits per heavy atom. The third-order valence-corrected chi connectivity index (χ3v) is 6.00. The number of anilines is 2. The molecule has 0 bridgehead atoms. The van der Waals surface area contributed by atoms with Crippen LogP contribution in [0.25, 0.3) is 10.2 Å². The van der Waals surface area contributed by atoms with Crippen molar-refractivity contribution >= 4 is 44.7 Å². The minimum absolute atomic E-state index is 0.309. The number of fused-ring (bicyclic) bond motifs is 3. The van der Waals surface area contributed by atoms with Gasteiger partial charge in [0.2, 0.25) is 5.28 Å². The van der Waals surface area contributed by atoms with Crippen LogP contribution in [0.4, 0.5) is 11.5 Å². The molecule has 2 aromatic heterocycles. The van der Waals surface area contributed by atoms with E-state index in [1.54, 1.807) is 11.3 Å². The molecule has 3 aromatic rings. The Bertz CT molecular complexity index is 901. The van der Waals surface area contributed by atoms with E-state index in [-0.39, 0.29) is 0 Å². The molecule has 3 nitrogen and oxygen atoms in total. The monoisotopic (exact) mass is 343 g/mol. The highest BCUT2D eigenvalue weighted by atomic mass is 35.5. The average Bonchev–Trinajstić information content (AvgIpc) is 2.89. The maximum atomic E-state index is 6.17. The fourth-order valence-electron chi connectivity index (χ4n) is 3.24. The van der Waals surface area contributed by atoms with Gasteiger partial charge in [0.25, 0.3) is 0 Å². The number of hydrogen-bond donors (Lipinski definition) is 1. The molecule has 0 aliphatic heterocycles. The molecular weight excluding hydrogens is 326 g/mol. The molecule has 118 valence electrons. The summed E-state index contributed by atoms with van der Waals surface area (Å²) >= 11 is 7.94. The topological polar surface area (TPSA) is 37.8 Å². The minimum atomic E-state index is 0.309. The van der Waals surface area contributed by atoms with Crippen LogP contribution >= 0.6 is 22.9 Å².